The zero-order chi connectivity index (χ0) is 37.0. The normalized spacial score (nSPS) is 11.6. The smallest absolute Gasteiger partial charge is 0.136 e. The highest BCUT2D eigenvalue weighted by Gasteiger charge is 2.20. The summed E-state index contributed by atoms with van der Waals surface area (Å²) in [5.74, 6) is 0. The Morgan fingerprint density at radius 1 is 0.304 bits per heavy atom. The van der Waals surface area contributed by atoms with Crippen LogP contribution in [0.25, 0.3) is 60.2 Å². The van der Waals surface area contributed by atoms with Crippen LogP contribution in [0, 0.1) is 0 Å². The summed E-state index contributed by atoms with van der Waals surface area (Å²) in [6.45, 7) is 0. The highest BCUT2D eigenvalue weighted by Crippen LogP contribution is 2.43. The Bertz CT molecular complexity index is 3200. The van der Waals surface area contributed by atoms with Gasteiger partial charge in [-0.25, -0.2) is 0 Å². The Hall–Kier alpha value is -7.56. The molecule has 0 atom stereocenters. The Balaban J connectivity index is 1.07. The number of rotatable bonds is 7. The topological polar surface area (TPSA) is 24.6 Å². The van der Waals surface area contributed by atoms with Gasteiger partial charge in [0.15, 0.2) is 0 Å². The van der Waals surface area contributed by atoms with Crippen LogP contribution >= 0.6 is 0 Å². The van der Waals surface area contributed by atoms with Gasteiger partial charge in [0.1, 0.15) is 11.2 Å². The van der Waals surface area contributed by atoms with E-state index in [4.69, 9.17) is 4.42 Å². The van der Waals surface area contributed by atoms with Crippen LogP contribution in [0.15, 0.2) is 217 Å². The molecule has 0 unspecified atom stereocenters. The number of para-hydroxylation sites is 5. The fourth-order valence-corrected chi connectivity index (χ4v) is 8.37. The number of hydrogen-bond acceptors (Lipinski definition) is 3. The first kappa shape index (κ1) is 31.9. The van der Waals surface area contributed by atoms with Crippen molar-refractivity contribution in [2.24, 2.45) is 0 Å². The van der Waals surface area contributed by atoms with Crippen molar-refractivity contribution < 1.29 is 4.42 Å². The molecule has 0 aliphatic carbocycles. The van der Waals surface area contributed by atoms with Crippen molar-refractivity contribution in [2.45, 2.75) is 0 Å². The molecule has 2 heterocycles. The van der Waals surface area contributed by atoms with Crippen LogP contribution in [-0.2, 0) is 0 Å². The lowest BCUT2D eigenvalue weighted by Crippen LogP contribution is -2.13. The summed E-state index contributed by atoms with van der Waals surface area (Å²) in [5.41, 5.74) is 11.8. The van der Waals surface area contributed by atoms with Gasteiger partial charge in [-0.15, -0.1) is 0 Å². The van der Waals surface area contributed by atoms with Gasteiger partial charge < -0.3 is 18.8 Å². The van der Waals surface area contributed by atoms with E-state index >= 15 is 0 Å². The molecular formula is C52H35N3O. The van der Waals surface area contributed by atoms with Gasteiger partial charge in [0.25, 0.3) is 0 Å². The largest absolute Gasteiger partial charge is 0.456 e. The van der Waals surface area contributed by atoms with E-state index in [1.54, 1.807) is 0 Å². The second-order valence-electron chi connectivity index (χ2n) is 14.2. The lowest BCUT2D eigenvalue weighted by Gasteiger charge is -2.29. The molecule has 0 saturated heterocycles. The monoisotopic (exact) mass is 717 g/mol. The zero-order valence-corrected chi connectivity index (χ0v) is 30.5. The highest BCUT2D eigenvalue weighted by molar-refractivity contribution is 6.12. The van der Waals surface area contributed by atoms with Crippen LogP contribution in [0.4, 0.5) is 34.1 Å². The van der Waals surface area contributed by atoms with Crippen LogP contribution in [0.5, 0.6) is 0 Å². The number of hydrogen-bond donors (Lipinski definition) is 0. The van der Waals surface area contributed by atoms with Crippen LogP contribution in [0.1, 0.15) is 0 Å². The maximum atomic E-state index is 6.31. The molecular weight excluding hydrogens is 683 g/mol. The van der Waals surface area contributed by atoms with Gasteiger partial charge in [-0.2, -0.15) is 0 Å². The second kappa shape index (κ2) is 13.1. The minimum Gasteiger partial charge on any atom is -0.456 e. The van der Waals surface area contributed by atoms with Crippen molar-refractivity contribution in [1.82, 2.24) is 4.57 Å². The van der Waals surface area contributed by atoms with E-state index in [2.05, 4.69) is 215 Å². The van der Waals surface area contributed by atoms with Gasteiger partial charge >= 0.3 is 0 Å². The van der Waals surface area contributed by atoms with Gasteiger partial charge in [-0.05, 0) is 120 Å². The third kappa shape index (κ3) is 5.31. The quantitative estimate of drug-likeness (QED) is 0.164. The molecule has 0 N–H and O–H groups in total. The highest BCUT2D eigenvalue weighted by atomic mass is 16.3. The first-order chi connectivity index (χ1) is 27.8. The third-order valence-electron chi connectivity index (χ3n) is 10.9. The number of fused-ring (bicyclic) bond motifs is 7. The molecule has 0 aliphatic rings. The van der Waals surface area contributed by atoms with E-state index in [0.29, 0.717) is 0 Å². The summed E-state index contributed by atoms with van der Waals surface area (Å²) < 4.78 is 8.67. The summed E-state index contributed by atoms with van der Waals surface area (Å²) in [6, 6.07) is 75.7. The van der Waals surface area contributed by atoms with E-state index in [0.717, 1.165) is 67.1 Å². The zero-order valence-electron chi connectivity index (χ0n) is 30.5. The average Bonchev–Trinajstić information content (AvgIpc) is 3.79. The van der Waals surface area contributed by atoms with E-state index in [1.165, 1.54) is 27.2 Å². The Labute approximate surface area is 324 Å². The van der Waals surface area contributed by atoms with Crippen molar-refractivity contribution in [3.05, 3.63) is 212 Å². The van der Waals surface area contributed by atoms with Crippen LogP contribution in [0.3, 0.4) is 0 Å². The summed E-state index contributed by atoms with van der Waals surface area (Å²) in [6.07, 6.45) is 0. The van der Waals surface area contributed by atoms with E-state index in [1.807, 2.05) is 12.1 Å². The van der Waals surface area contributed by atoms with Crippen molar-refractivity contribution in [3.8, 4) is 5.69 Å². The van der Waals surface area contributed by atoms with E-state index in [-0.39, 0.29) is 0 Å². The molecule has 9 aromatic carbocycles. The second-order valence-corrected chi connectivity index (χ2v) is 14.2. The predicted octanol–water partition coefficient (Wildman–Crippen LogP) is 14.8. The number of anilines is 6. The molecule has 4 nitrogen and oxygen atoms in total. The van der Waals surface area contributed by atoms with E-state index < -0.39 is 0 Å². The Morgan fingerprint density at radius 2 is 0.857 bits per heavy atom. The minimum atomic E-state index is 0.895. The predicted molar refractivity (Wildman–Crippen MR) is 235 cm³/mol. The summed E-state index contributed by atoms with van der Waals surface area (Å²) in [5, 5.41) is 7.01. The molecule has 0 amide bonds. The fraction of sp³-hybridized carbons (Fsp3) is 0. The number of benzene rings is 9. The molecule has 11 aromatic rings. The Kier molecular flexibility index (Phi) is 7.46. The van der Waals surface area contributed by atoms with Gasteiger partial charge in [0, 0.05) is 61.4 Å². The van der Waals surface area contributed by atoms with Gasteiger partial charge in [-0.3, -0.25) is 0 Å². The van der Waals surface area contributed by atoms with Gasteiger partial charge in [-0.1, -0.05) is 103 Å². The Morgan fingerprint density at radius 3 is 1.59 bits per heavy atom. The third-order valence-corrected chi connectivity index (χ3v) is 10.9. The van der Waals surface area contributed by atoms with Crippen molar-refractivity contribution >= 4 is 88.6 Å². The van der Waals surface area contributed by atoms with Crippen molar-refractivity contribution in [1.29, 1.82) is 0 Å². The first-order valence-electron chi connectivity index (χ1n) is 19.0. The van der Waals surface area contributed by atoms with E-state index in [9.17, 15) is 0 Å². The van der Waals surface area contributed by atoms with Gasteiger partial charge in [0.2, 0.25) is 0 Å². The molecule has 4 heteroatoms. The van der Waals surface area contributed by atoms with Crippen molar-refractivity contribution in [3.63, 3.8) is 0 Å². The molecule has 0 radical (unpaired) electrons. The SMILES string of the molecule is c1ccc(N(c2cccc(N(c3ccccc3)c3ccc4c(c3)c3ccccc3n4-c3ccccc3)c2)c2ccc3cc4c(cc3c2)oc2ccccc24)cc1. The summed E-state index contributed by atoms with van der Waals surface area (Å²) in [4.78, 5) is 4.70. The number of furan rings is 1. The molecule has 0 spiro atoms. The molecule has 2 aromatic heterocycles. The van der Waals surface area contributed by atoms with Gasteiger partial charge in [0.05, 0.1) is 11.0 Å². The molecule has 11 rings (SSSR count). The molecule has 0 aliphatic heterocycles. The maximum Gasteiger partial charge on any atom is 0.136 e. The van der Waals surface area contributed by atoms with Crippen LogP contribution in [-0.4, -0.2) is 4.57 Å². The molecule has 0 fully saturated rings. The molecule has 264 valence electrons. The molecule has 56 heavy (non-hydrogen) atoms. The number of nitrogens with zero attached hydrogens (tertiary/aromatic N) is 3. The lowest BCUT2D eigenvalue weighted by atomic mass is 10.0. The summed E-state index contributed by atoms with van der Waals surface area (Å²) >= 11 is 0. The molecule has 0 bridgehead atoms. The van der Waals surface area contributed by atoms with Crippen LogP contribution < -0.4 is 9.80 Å². The maximum absolute atomic E-state index is 6.31. The fourth-order valence-electron chi connectivity index (χ4n) is 8.37. The average molecular weight is 718 g/mol. The lowest BCUT2D eigenvalue weighted by molar-refractivity contribution is 0.669. The first-order valence-corrected chi connectivity index (χ1v) is 19.0. The van der Waals surface area contributed by atoms with Crippen LogP contribution in [0.2, 0.25) is 0 Å². The standard InChI is InChI=1S/C52H35N3O/c1-4-15-38(16-5-1)53(43-28-27-36-32-48-46-24-11-13-26-51(46)56-52(48)33-37(36)31-43)41-21-14-22-42(34-41)54(39-17-6-2-7-18-39)44-29-30-50-47(35-44)45-23-10-12-25-49(45)55(50)40-19-8-3-9-20-40/h1-35H. The molecule has 0 saturated carbocycles. The van der Waals surface area contributed by atoms with Crippen molar-refractivity contribution in [2.75, 3.05) is 9.80 Å². The summed E-state index contributed by atoms with van der Waals surface area (Å²) in [7, 11) is 0. The number of aromatic nitrogens is 1. The minimum absolute atomic E-state index is 0.895.